The van der Waals surface area contributed by atoms with Crippen LogP contribution in [0, 0.1) is 0 Å². The molecule has 0 aromatic heterocycles. The van der Waals surface area contributed by atoms with Crippen molar-refractivity contribution in [2.24, 2.45) is 0 Å². The third kappa shape index (κ3) is 4.38. The Hall–Kier alpha value is -1.71. The monoisotopic (exact) mass is 290 g/mol. The zero-order chi connectivity index (χ0) is 15.1. The molecular formula is C17H26N2O2. The van der Waals surface area contributed by atoms with E-state index in [1.165, 1.54) is 19.3 Å². The molecule has 1 fully saturated rings. The lowest BCUT2D eigenvalue weighted by atomic mass is 10.1. The largest absolute Gasteiger partial charge is 0.495 e. The van der Waals surface area contributed by atoms with Crippen LogP contribution < -0.4 is 9.64 Å². The molecular weight excluding hydrogens is 264 g/mol. The predicted octanol–water partition coefficient (Wildman–Crippen LogP) is 2.92. The number of likely N-dealkylation sites (N-methyl/N-ethyl adjacent to an activating group) is 1. The summed E-state index contributed by atoms with van der Waals surface area (Å²) in [7, 11) is 3.60. The SMILES string of the molecule is COc1ccccc1N(C)CC(=O)N1CCCCCCC1. The van der Waals surface area contributed by atoms with Crippen LogP contribution in [0.1, 0.15) is 32.1 Å². The molecule has 1 heterocycles. The van der Waals surface area contributed by atoms with Gasteiger partial charge >= 0.3 is 0 Å². The van der Waals surface area contributed by atoms with Crippen LogP contribution in [-0.4, -0.2) is 44.6 Å². The van der Waals surface area contributed by atoms with Crippen LogP contribution in [0.4, 0.5) is 5.69 Å². The van der Waals surface area contributed by atoms with Gasteiger partial charge in [0.05, 0.1) is 19.3 Å². The second-order valence-corrected chi connectivity index (χ2v) is 5.68. The molecule has 1 aromatic rings. The number of likely N-dealkylation sites (tertiary alicyclic amines) is 1. The van der Waals surface area contributed by atoms with Gasteiger partial charge in [-0.05, 0) is 25.0 Å². The van der Waals surface area contributed by atoms with E-state index in [1.807, 2.05) is 41.1 Å². The van der Waals surface area contributed by atoms with Crippen molar-refractivity contribution in [1.82, 2.24) is 4.90 Å². The Labute approximate surface area is 127 Å². The zero-order valence-corrected chi connectivity index (χ0v) is 13.2. The van der Waals surface area contributed by atoms with E-state index in [-0.39, 0.29) is 5.91 Å². The molecule has 116 valence electrons. The summed E-state index contributed by atoms with van der Waals surface area (Å²) in [5, 5.41) is 0. The molecule has 4 nitrogen and oxygen atoms in total. The van der Waals surface area contributed by atoms with Crippen LogP contribution in [0.3, 0.4) is 0 Å². The average molecular weight is 290 g/mol. The molecule has 1 aliphatic rings. The number of benzene rings is 1. The third-order valence-corrected chi connectivity index (χ3v) is 4.08. The van der Waals surface area contributed by atoms with E-state index in [4.69, 9.17) is 4.74 Å². The lowest BCUT2D eigenvalue weighted by Gasteiger charge is -2.28. The Morgan fingerprint density at radius 3 is 2.43 bits per heavy atom. The molecule has 0 unspecified atom stereocenters. The predicted molar refractivity (Wildman–Crippen MR) is 85.9 cm³/mol. The number of nitrogens with zero attached hydrogens (tertiary/aromatic N) is 2. The molecule has 2 rings (SSSR count). The topological polar surface area (TPSA) is 32.8 Å². The van der Waals surface area contributed by atoms with Crippen molar-refractivity contribution in [2.75, 3.05) is 38.7 Å². The standard InChI is InChI=1S/C17H26N2O2/c1-18(15-10-6-7-11-16(15)21-2)14-17(20)19-12-8-4-3-5-9-13-19/h6-7,10-11H,3-5,8-9,12-14H2,1-2H3. The first-order chi connectivity index (χ1) is 10.2. The van der Waals surface area contributed by atoms with Gasteiger partial charge in [-0.25, -0.2) is 0 Å². The highest BCUT2D eigenvalue weighted by atomic mass is 16.5. The van der Waals surface area contributed by atoms with Gasteiger partial charge in [0.15, 0.2) is 0 Å². The number of para-hydroxylation sites is 2. The normalized spacial score (nSPS) is 16.0. The van der Waals surface area contributed by atoms with Gasteiger partial charge < -0.3 is 14.5 Å². The lowest BCUT2D eigenvalue weighted by molar-refractivity contribution is -0.130. The maximum absolute atomic E-state index is 12.5. The van der Waals surface area contributed by atoms with Crippen molar-refractivity contribution in [3.8, 4) is 5.75 Å². The summed E-state index contributed by atoms with van der Waals surface area (Å²) in [5.74, 6) is 1.02. The molecule has 0 spiro atoms. The van der Waals surface area contributed by atoms with Gasteiger partial charge in [0.2, 0.25) is 5.91 Å². The van der Waals surface area contributed by atoms with Crippen LogP contribution >= 0.6 is 0 Å². The summed E-state index contributed by atoms with van der Waals surface area (Å²) >= 11 is 0. The Kier molecular flexibility index (Phi) is 5.90. The van der Waals surface area contributed by atoms with E-state index in [2.05, 4.69) is 0 Å². The van der Waals surface area contributed by atoms with Crippen molar-refractivity contribution in [3.63, 3.8) is 0 Å². The van der Waals surface area contributed by atoms with Crippen LogP contribution in [0.15, 0.2) is 24.3 Å². The number of hydrogen-bond acceptors (Lipinski definition) is 3. The van der Waals surface area contributed by atoms with Gasteiger partial charge in [-0.15, -0.1) is 0 Å². The van der Waals surface area contributed by atoms with Crippen molar-refractivity contribution in [1.29, 1.82) is 0 Å². The van der Waals surface area contributed by atoms with Crippen LogP contribution in [0.2, 0.25) is 0 Å². The van der Waals surface area contributed by atoms with Crippen LogP contribution in [0.25, 0.3) is 0 Å². The van der Waals surface area contributed by atoms with Crippen molar-refractivity contribution >= 4 is 11.6 Å². The zero-order valence-electron chi connectivity index (χ0n) is 13.2. The van der Waals surface area contributed by atoms with Crippen molar-refractivity contribution in [2.45, 2.75) is 32.1 Å². The number of rotatable bonds is 4. The van der Waals surface area contributed by atoms with E-state index in [1.54, 1.807) is 7.11 Å². The number of ether oxygens (including phenoxy) is 1. The van der Waals surface area contributed by atoms with Gasteiger partial charge in [0, 0.05) is 20.1 Å². The van der Waals surface area contributed by atoms with Gasteiger partial charge in [-0.3, -0.25) is 4.79 Å². The maximum atomic E-state index is 12.5. The number of amides is 1. The van der Waals surface area contributed by atoms with Crippen molar-refractivity contribution in [3.05, 3.63) is 24.3 Å². The third-order valence-electron chi connectivity index (χ3n) is 4.08. The number of carbonyl (C=O) groups excluding carboxylic acids is 1. The Morgan fingerprint density at radius 1 is 1.14 bits per heavy atom. The average Bonchev–Trinajstić information content (AvgIpc) is 2.46. The quantitative estimate of drug-likeness (QED) is 0.855. The molecule has 21 heavy (non-hydrogen) atoms. The van der Waals surface area contributed by atoms with E-state index >= 15 is 0 Å². The van der Waals surface area contributed by atoms with E-state index in [9.17, 15) is 4.79 Å². The Balaban J connectivity index is 1.97. The minimum Gasteiger partial charge on any atom is -0.495 e. The molecule has 0 saturated carbocycles. The fraction of sp³-hybridized carbons (Fsp3) is 0.588. The molecule has 1 aromatic carbocycles. The summed E-state index contributed by atoms with van der Waals surface area (Å²) in [5.41, 5.74) is 0.959. The molecule has 1 saturated heterocycles. The molecule has 0 aliphatic carbocycles. The number of carbonyl (C=O) groups is 1. The second-order valence-electron chi connectivity index (χ2n) is 5.68. The molecule has 0 N–H and O–H groups in total. The summed E-state index contributed by atoms with van der Waals surface area (Å²) in [6, 6.07) is 7.82. The minimum atomic E-state index is 0.213. The van der Waals surface area contributed by atoms with Gasteiger partial charge in [-0.1, -0.05) is 31.4 Å². The molecule has 4 heteroatoms. The summed E-state index contributed by atoms with van der Waals surface area (Å²) in [4.78, 5) is 16.5. The maximum Gasteiger partial charge on any atom is 0.242 e. The molecule has 1 aliphatic heterocycles. The van der Waals surface area contributed by atoms with Crippen molar-refractivity contribution < 1.29 is 9.53 Å². The summed E-state index contributed by atoms with van der Waals surface area (Å²) < 4.78 is 5.36. The minimum absolute atomic E-state index is 0.213. The van der Waals surface area contributed by atoms with Gasteiger partial charge in [0.1, 0.15) is 5.75 Å². The number of hydrogen-bond donors (Lipinski definition) is 0. The number of methoxy groups -OCH3 is 1. The summed E-state index contributed by atoms with van der Waals surface area (Å²) in [6.45, 7) is 2.21. The Bertz CT molecular complexity index is 454. The highest BCUT2D eigenvalue weighted by Gasteiger charge is 2.18. The molecule has 0 atom stereocenters. The highest BCUT2D eigenvalue weighted by molar-refractivity contribution is 5.82. The van der Waals surface area contributed by atoms with Crippen LogP contribution in [-0.2, 0) is 4.79 Å². The van der Waals surface area contributed by atoms with E-state index < -0.39 is 0 Å². The van der Waals surface area contributed by atoms with Crippen LogP contribution in [0.5, 0.6) is 5.75 Å². The first-order valence-electron chi connectivity index (χ1n) is 7.84. The fourth-order valence-corrected chi connectivity index (χ4v) is 2.83. The molecule has 0 radical (unpaired) electrons. The lowest BCUT2D eigenvalue weighted by Crippen LogP contribution is -2.40. The fourth-order valence-electron chi connectivity index (χ4n) is 2.83. The van der Waals surface area contributed by atoms with Gasteiger partial charge in [0.25, 0.3) is 0 Å². The summed E-state index contributed by atoms with van der Waals surface area (Å²) in [6.07, 6.45) is 6.05. The first kappa shape index (κ1) is 15.7. The second kappa shape index (κ2) is 7.91. The first-order valence-corrected chi connectivity index (χ1v) is 7.84. The van der Waals surface area contributed by atoms with E-state index in [0.717, 1.165) is 37.4 Å². The van der Waals surface area contributed by atoms with Gasteiger partial charge in [-0.2, -0.15) is 0 Å². The van der Waals surface area contributed by atoms with E-state index in [0.29, 0.717) is 6.54 Å². The number of anilines is 1. The smallest absolute Gasteiger partial charge is 0.242 e. The Morgan fingerprint density at radius 2 is 1.76 bits per heavy atom. The molecule has 0 bridgehead atoms. The molecule has 1 amide bonds. The highest BCUT2D eigenvalue weighted by Crippen LogP contribution is 2.26.